The summed E-state index contributed by atoms with van der Waals surface area (Å²) in [4.78, 5) is 14.4. The summed E-state index contributed by atoms with van der Waals surface area (Å²) in [5, 5.41) is 8.76. The average molecular weight is 271 g/mol. The van der Waals surface area contributed by atoms with Crippen LogP contribution in [0.4, 0.5) is 0 Å². The maximum Gasteiger partial charge on any atom is 0.254 e. The molecular formula is C17H21NO2. The molecule has 3 nitrogen and oxygen atoms in total. The molecule has 106 valence electrons. The minimum Gasteiger partial charge on any atom is -0.395 e. The van der Waals surface area contributed by atoms with Gasteiger partial charge in [-0.2, -0.15) is 0 Å². The van der Waals surface area contributed by atoms with Gasteiger partial charge in [0.15, 0.2) is 0 Å². The Labute approximate surface area is 120 Å². The largest absolute Gasteiger partial charge is 0.395 e. The zero-order chi connectivity index (χ0) is 14.5. The van der Waals surface area contributed by atoms with Crippen molar-refractivity contribution in [3.63, 3.8) is 0 Å². The zero-order valence-electron chi connectivity index (χ0n) is 12.1. The van der Waals surface area contributed by atoms with E-state index in [9.17, 15) is 4.79 Å². The molecule has 0 radical (unpaired) electrons. The van der Waals surface area contributed by atoms with Crippen molar-refractivity contribution in [2.75, 3.05) is 13.7 Å². The van der Waals surface area contributed by atoms with Crippen LogP contribution < -0.4 is 0 Å². The lowest BCUT2D eigenvalue weighted by molar-refractivity contribution is 0.0651. The summed E-state index contributed by atoms with van der Waals surface area (Å²) in [6.45, 7) is 2.00. The molecular weight excluding hydrogens is 250 g/mol. The first kappa shape index (κ1) is 14.6. The van der Waals surface area contributed by atoms with Crippen LogP contribution in [0.1, 0.15) is 47.2 Å². The number of hydrogen-bond donors (Lipinski definition) is 1. The van der Waals surface area contributed by atoms with Crippen LogP contribution in [0.2, 0.25) is 0 Å². The molecule has 0 heterocycles. The first-order valence-electron chi connectivity index (χ1n) is 7.11. The van der Waals surface area contributed by atoms with Crippen molar-refractivity contribution < 1.29 is 9.90 Å². The summed E-state index contributed by atoms with van der Waals surface area (Å²) >= 11 is 0. The number of rotatable bonds is 3. The number of benzene rings is 1. The van der Waals surface area contributed by atoms with Crippen molar-refractivity contribution in [3.8, 4) is 11.8 Å². The van der Waals surface area contributed by atoms with Gasteiger partial charge in [-0.05, 0) is 43.9 Å². The van der Waals surface area contributed by atoms with Crippen molar-refractivity contribution >= 4 is 5.91 Å². The van der Waals surface area contributed by atoms with Crippen molar-refractivity contribution in [1.29, 1.82) is 0 Å². The predicted molar refractivity (Wildman–Crippen MR) is 79.5 cm³/mol. The number of carbonyl (C=O) groups is 1. The van der Waals surface area contributed by atoms with Crippen molar-refractivity contribution in [2.45, 2.75) is 38.6 Å². The molecule has 1 amide bonds. The minimum atomic E-state index is 0.0646. The summed E-state index contributed by atoms with van der Waals surface area (Å²) in [6.07, 6.45) is 3.89. The van der Waals surface area contributed by atoms with E-state index in [2.05, 4.69) is 11.8 Å². The Morgan fingerprint density at radius 1 is 1.45 bits per heavy atom. The summed E-state index contributed by atoms with van der Waals surface area (Å²) in [5.74, 6) is 6.01. The number of amides is 1. The Morgan fingerprint density at radius 3 is 2.80 bits per heavy atom. The van der Waals surface area contributed by atoms with E-state index >= 15 is 0 Å². The molecule has 0 atom stereocenters. The quantitative estimate of drug-likeness (QED) is 0.857. The standard InChI is InChI=1S/C17H21NO2/c1-13-14(7-3-4-12-19)8-5-11-16(13)17(20)18(2)15-9-6-10-15/h5,8,11,15,19H,4,6,9-10,12H2,1-2H3. The molecule has 1 fully saturated rings. The van der Waals surface area contributed by atoms with Gasteiger partial charge in [-0.25, -0.2) is 0 Å². The third-order valence-electron chi connectivity index (χ3n) is 3.97. The fourth-order valence-electron chi connectivity index (χ4n) is 2.35. The Balaban J connectivity index is 2.21. The molecule has 1 N–H and O–H groups in total. The summed E-state index contributed by atoms with van der Waals surface area (Å²) in [5.41, 5.74) is 2.52. The Bertz CT molecular complexity index is 550. The van der Waals surface area contributed by atoms with E-state index in [1.54, 1.807) is 0 Å². The molecule has 2 rings (SSSR count). The molecule has 0 aliphatic heterocycles. The van der Waals surface area contributed by atoms with Crippen LogP contribution in [-0.4, -0.2) is 35.6 Å². The second-order valence-electron chi connectivity index (χ2n) is 5.25. The highest BCUT2D eigenvalue weighted by Crippen LogP contribution is 2.25. The van der Waals surface area contributed by atoms with Crippen LogP contribution in [0.15, 0.2) is 18.2 Å². The predicted octanol–water partition coefficient (Wildman–Crippen LogP) is 2.35. The smallest absolute Gasteiger partial charge is 0.254 e. The second-order valence-corrected chi connectivity index (χ2v) is 5.25. The van der Waals surface area contributed by atoms with E-state index in [0.717, 1.165) is 29.5 Å². The monoisotopic (exact) mass is 271 g/mol. The van der Waals surface area contributed by atoms with Gasteiger partial charge in [0.05, 0.1) is 6.61 Å². The van der Waals surface area contributed by atoms with Gasteiger partial charge >= 0.3 is 0 Å². The molecule has 0 aromatic heterocycles. The Hall–Kier alpha value is -1.79. The zero-order valence-corrected chi connectivity index (χ0v) is 12.1. The second kappa shape index (κ2) is 6.58. The van der Waals surface area contributed by atoms with Crippen LogP contribution in [0.3, 0.4) is 0 Å². The lowest BCUT2D eigenvalue weighted by Gasteiger charge is -2.35. The van der Waals surface area contributed by atoms with E-state index in [4.69, 9.17) is 5.11 Å². The van der Waals surface area contributed by atoms with E-state index in [1.165, 1.54) is 6.42 Å². The lowest BCUT2D eigenvalue weighted by Crippen LogP contribution is -2.41. The lowest BCUT2D eigenvalue weighted by atomic mass is 9.91. The molecule has 1 aromatic rings. The summed E-state index contributed by atoms with van der Waals surface area (Å²) in [6, 6.07) is 6.05. The third kappa shape index (κ3) is 3.02. The minimum absolute atomic E-state index is 0.0646. The van der Waals surface area contributed by atoms with Gasteiger partial charge in [0.2, 0.25) is 0 Å². The summed E-state index contributed by atoms with van der Waals surface area (Å²) in [7, 11) is 1.88. The number of carbonyl (C=O) groups excluding carboxylic acids is 1. The van der Waals surface area contributed by atoms with Gasteiger partial charge in [-0.15, -0.1) is 0 Å². The molecule has 1 aliphatic carbocycles. The fourth-order valence-corrected chi connectivity index (χ4v) is 2.35. The molecule has 1 aliphatic rings. The van der Waals surface area contributed by atoms with Crippen LogP contribution in [0.25, 0.3) is 0 Å². The molecule has 3 heteroatoms. The normalized spacial score (nSPS) is 14.2. The molecule has 1 saturated carbocycles. The molecule has 0 spiro atoms. The SMILES string of the molecule is Cc1c(C#CCCO)cccc1C(=O)N(C)C1CCC1. The fraction of sp³-hybridized carbons (Fsp3) is 0.471. The number of aliphatic hydroxyl groups excluding tert-OH is 1. The number of nitrogens with zero attached hydrogens (tertiary/aromatic N) is 1. The van der Waals surface area contributed by atoms with Gasteiger partial charge in [-0.3, -0.25) is 4.79 Å². The van der Waals surface area contributed by atoms with Gasteiger partial charge < -0.3 is 10.0 Å². The van der Waals surface area contributed by atoms with E-state index in [1.807, 2.05) is 37.1 Å². The highest BCUT2D eigenvalue weighted by Gasteiger charge is 2.27. The average Bonchev–Trinajstić information content (AvgIpc) is 2.38. The van der Waals surface area contributed by atoms with Crippen LogP contribution in [0.5, 0.6) is 0 Å². The molecule has 0 bridgehead atoms. The highest BCUT2D eigenvalue weighted by atomic mass is 16.2. The number of hydrogen-bond acceptors (Lipinski definition) is 2. The van der Waals surface area contributed by atoms with Gasteiger partial charge in [0, 0.05) is 30.6 Å². The Kier molecular flexibility index (Phi) is 4.81. The van der Waals surface area contributed by atoms with Crippen LogP contribution in [-0.2, 0) is 0 Å². The van der Waals surface area contributed by atoms with Gasteiger partial charge in [0.1, 0.15) is 0 Å². The van der Waals surface area contributed by atoms with Crippen molar-refractivity contribution in [3.05, 3.63) is 34.9 Å². The maximum absolute atomic E-state index is 12.5. The van der Waals surface area contributed by atoms with Crippen LogP contribution in [0, 0.1) is 18.8 Å². The topological polar surface area (TPSA) is 40.5 Å². The van der Waals surface area contributed by atoms with Gasteiger partial charge in [0.25, 0.3) is 5.91 Å². The van der Waals surface area contributed by atoms with Crippen molar-refractivity contribution in [2.24, 2.45) is 0 Å². The third-order valence-corrected chi connectivity index (χ3v) is 3.97. The van der Waals surface area contributed by atoms with Crippen molar-refractivity contribution in [1.82, 2.24) is 4.90 Å². The summed E-state index contributed by atoms with van der Waals surface area (Å²) < 4.78 is 0. The first-order valence-corrected chi connectivity index (χ1v) is 7.11. The van der Waals surface area contributed by atoms with E-state index < -0.39 is 0 Å². The maximum atomic E-state index is 12.5. The van der Waals surface area contributed by atoms with E-state index in [0.29, 0.717) is 12.5 Å². The Morgan fingerprint density at radius 2 is 2.20 bits per heavy atom. The molecule has 1 aromatic carbocycles. The first-order chi connectivity index (χ1) is 9.65. The molecule has 20 heavy (non-hydrogen) atoms. The molecule has 0 unspecified atom stereocenters. The highest BCUT2D eigenvalue weighted by molar-refractivity contribution is 5.96. The number of aliphatic hydroxyl groups is 1. The molecule has 0 saturated heterocycles. The van der Waals surface area contributed by atoms with E-state index in [-0.39, 0.29) is 12.5 Å². The van der Waals surface area contributed by atoms with Crippen LogP contribution >= 0.6 is 0 Å². The van der Waals surface area contributed by atoms with Gasteiger partial charge in [-0.1, -0.05) is 17.9 Å².